The number of hydrogen-bond acceptors (Lipinski definition) is 1. The fourth-order valence-corrected chi connectivity index (χ4v) is 2.48. The molecule has 0 aliphatic heterocycles. The third-order valence-corrected chi connectivity index (χ3v) is 3.51. The molecule has 1 aromatic rings. The van der Waals surface area contributed by atoms with Crippen LogP contribution in [0.15, 0.2) is 22.7 Å². The summed E-state index contributed by atoms with van der Waals surface area (Å²) < 4.78 is 14.2. The molecule has 1 N–H and O–H groups in total. The Kier molecular flexibility index (Phi) is 5.80. The van der Waals surface area contributed by atoms with E-state index in [9.17, 15) is 4.39 Å². The quantitative estimate of drug-likeness (QED) is 0.840. The van der Waals surface area contributed by atoms with E-state index in [-0.39, 0.29) is 11.2 Å². The van der Waals surface area contributed by atoms with Crippen LogP contribution in [0.4, 0.5) is 4.39 Å². The predicted molar refractivity (Wildman–Crippen MR) is 79.3 cm³/mol. The molecule has 3 heteroatoms. The van der Waals surface area contributed by atoms with Crippen molar-refractivity contribution in [2.45, 2.75) is 46.6 Å². The Morgan fingerprint density at radius 2 is 1.94 bits per heavy atom. The molecule has 0 bridgehead atoms. The molecule has 0 saturated carbocycles. The maximum absolute atomic E-state index is 13.4. The first-order valence-corrected chi connectivity index (χ1v) is 7.30. The van der Waals surface area contributed by atoms with Gasteiger partial charge in [-0.05, 0) is 48.6 Å². The first-order valence-electron chi connectivity index (χ1n) is 6.51. The lowest BCUT2D eigenvalue weighted by atomic mass is 9.83. The fraction of sp³-hybridized carbons (Fsp3) is 0.600. The van der Waals surface area contributed by atoms with Crippen molar-refractivity contribution >= 4 is 15.9 Å². The van der Waals surface area contributed by atoms with E-state index in [1.165, 1.54) is 6.07 Å². The molecule has 1 rings (SSSR count). The van der Waals surface area contributed by atoms with Gasteiger partial charge < -0.3 is 5.32 Å². The summed E-state index contributed by atoms with van der Waals surface area (Å²) in [7, 11) is 0. The molecule has 0 aromatic heterocycles. The maximum Gasteiger partial charge on any atom is 0.124 e. The van der Waals surface area contributed by atoms with Crippen molar-refractivity contribution in [3.8, 4) is 0 Å². The molecular weight excluding hydrogens is 293 g/mol. The zero-order valence-corrected chi connectivity index (χ0v) is 13.3. The summed E-state index contributed by atoms with van der Waals surface area (Å²) in [5.74, 6) is -0.178. The second-order valence-electron chi connectivity index (χ2n) is 5.85. The maximum atomic E-state index is 13.4. The van der Waals surface area contributed by atoms with Crippen LogP contribution in [0, 0.1) is 11.2 Å². The molecule has 1 nitrogen and oxygen atoms in total. The van der Waals surface area contributed by atoms with E-state index in [1.807, 2.05) is 6.07 Å². The minimum atomic E-state index is -0.178. The van der Waals surface area contributed by atoms with E-state index in [0.717, 1.165) is 29.4 Å². The van der Waals surface area contributed by atoms with Crippen molar-refractivity contribution in [1.82, 2.24) is 5.32 Å². The molecule has 0 radical (unpaired) electrons. The van der Waals surface area contributed by atoms with Gasteiger partial charge >= 0.3 is 0 Å². The Bertz CT molecular complexity index is 364. The first kappa shape index (κ1) is 15.6. The van der Waals surface area contributed by atoms with Crippen molar-refractivity contribution in [2.24, 2.45) is 5.41 Å². The molecule has 0 aliphatic rings. The van der Waals surface area contributed by atoms with Crippen LogP contribution in [0.25, 0.3) is 0 Å². The van der Waals surface area contributed by atoms with Gasteiger partial charge in [-0.2, -0.15) is 0 Å². The van der Waals surface area contributed by atoms with Gasteiger partial charge in [-0.15, -0.1) is 0 Å². The van der Waals surface area contributed by atoms with Gasteiger partial charge in [0.1, 0.15) is 5.82 Å². The summed E-state index contributed by atoms with van der Waals surface area (Å²) in [6, 6.07) is 5.47. The standard InChI is InChI=1S/C15H23BrFN/c1-5-6-18-14(15(2,3)4)9-11-7-12(16)10-13(17)8-11/h7-8,10,14,18H,5-6,9H2,1-4H3. The Labute approximate surface area is 118 Å². The molecule has 0 fully saturated rings. The SMILES string of the molecule is CCCNC(Cc1cc(F)cc(Br)c1)C(C)(C)C. The molecule has 0 spiro atoms. The molecule has 102 valence electrons. The highest BCUT2D eigenvalue weighted by Gasteiger charge is 2.24. The van der Waals surface area contributed by atoms with Crippen molar-refractivity contribution < 1.29 is 4.39 Å². The van der Waals surface area contributed by atoms with Crippen LogP contribution >= 0.6 is 15.9 Å². The van der Waals surface area contributed by atoms with Gasteiger partial charge in [0.15, 0.2) is 0 Å². The summed E-state index contributed by atoms with van der Waals surface area (Å²) in [6.07, 6.45) is 1.96. The van der Waals surface area contributed by atoms with Crippen LogP contribution in [0.5, 0.6) is 0 Å². The monoisotopic (exact) mass is 315 g/mol. The van der Waals surface area contributed by atoms with Crippen molar-refractivity contribution in [3.63, 3.8) is 0 Å². The predicted octanol–water partition coefficient (Wildman–Crippen LogP) is 4.55. The van der Waals surface area contributed by atoms with Crippen LogP contribution in [-0.2, 0) is 6.42 Å². The van der Waals surface area contributed by atoms with Crippen molar-refractivity contribution in [2.75, 3.05) is 6.54 Å². The Balaban J connectivity index is 2.82. The summed E-state index contributed by atoms with van der Waals surface area (Å²) >= 11 is 3.35. The second-order valence-corrected chi connectivity index (χ2v) is 6.77. The third-order valence-electron chi connectivity index (χ3n) is 3.05. The Morgan fingerprint density at radius 3 is 2.44 bits per heavy atom. The summed E-state index contributed by atoms with van der Waals surface area (Å²) in [5, 5.41) is 3.56. The smallest absolute Gasteiger partial charge is 0.124 e. The molecule has 1 atom stereocenters. The zero-order valence-electron chi connectivity index (χ0n) is 11.7. The highest BCUT2D eigenvalue weighted by Crippen LogP contribution is 2.24. The minimum Gasteiger partial charge on any atom is -0.313 e. The Hall–Kier alpha value is -0.410. The van der Waals surface area contributed by atoms with E-state index in [0.29, 0.717) is 6.04 Å². The molecular formula is C15H23BrFN. The highest BCUT2D eigenvalue weighted by molar-refractivity contribution is 9.10. The molecule has 0 amide bonds. The van der Waals surface area contributed by atoms with Crippen molar-refractivity contribution in [3.05, 3.63) is 34.1 Å². The van der Waals surface area contributed by atoms with Crippen LogP contribution in [0.1, 0.15) is 39.7 Å². The van der Waals surface area contributed by atoms with Crippen LogP contribution in [0.3, 0.4) is 0 Å². The van der Waals surface area contributed by atoms with Crippen LogP contribution in [-0.4, -0.2) is 12.6 Å². The summed E-state index contributed by atoms with van der Waals surface area (Å²) in [5.41, 5.74) is 1.19. The van der Waals surface area contributed by atoms with Gasteiger partial charge in [-0.1, -0.05) is 43.6 Å². The zero-order chi connectivity index (χ0) is 13.8. The molecule has 0 heterocycles. The average molecular weight is 316 g/mol. The lowest BCUT2D eigenvalue weighted by Crippen LogP contribution is -2.42. The number of halogens is 2. The summed E-state index contributed by atoms with van der Waals surface area (Å²) in [4.78, 5) is 0. The fourth-order valence-electron chi connectivity index (χ4n) is 1.97. The largest absolute Gasteiger partial charge is 0.313 e. The van der Waals surface area contributed by atoms with Gasteiger partial charge in [0.2, 0.25) is 0 Å². The second kappa shape index (κ2) is 6.67. The topological polar surface area (TPSA) is 12.0 Å². The van der Waals surface area contributed by atoms with Gasteiger partial charge in [-0.25, -0.2) is 4.39 Å². The highest BCUT2D eigenvalue weighted by atomic mass is 79.9. The van der Waals surface area contributed by atoms with E-state index >= 15 is 0 Å². The van der Waals surface area contributed by atoms with E-state index in [4.69, 9.17) is 0 Å². The first-order chi connectivity index (χ1) is 8.32. The number of nitrogens with one attached hydrogen (secondary N) is 1. The van der Waals surface area contributed by atoms with Crippen LogP contribution < -0.4 is 5.32 Å². The Morgan fingerprint density at radius 1 is 1.28 bits per heavy atom. The van der Waals surface area contributed by atoms with Gasteiger partial charge in [0.05, 0.1) is 0 Å². The molecule has 18 heavy (non-hydrogen) atoms. The molecule has 1 unspecified atom stereocenters. The van der Waals surface area contributed by atoms with E-state index in [2.05, 4.69) is 48.9 Å². The van der Waals surface area contributed by atoms with E-state index < -0.39 is 0 Å². The normalized spacial score (nSPS) is 13.7. The number of hydrogen-bond donors (Lipinski definition) is 1. The van der Waals surface area contributed by atoms with Gasteiger partial charge in [-0.3, -0.25) is 0 Å². The molecule has 0 aliphatic carbocycles. The lowest BCUT2D eigenvalue weighted by molar-refractivity contribution is 0.266. The van der Waals surface area contributed by atoms with E-state index in [1.54, 1.807) is 6.07 Å². The minimum absolute atomic E-state index is 0.161. The average Bonchev–Trinajstić information content (AvgIpc) is 2.21. The molecule has 0 saturated heterocycles. The summed E-state index contributed by atoms with van der Waals surface area (Å²) in [6.45, 7) is 9.81. The van der Waals surface area contributed by atoms with Crippen LogP contribution in [0.2, 0.25) is 0 Å². The molecule has 1 aromatic carbocycles. The van der Waals surface area contributed by atoms with Gasteiger partial charge in [0.25, 0.3) is 0 Å². The van der Waals surface area contributed by atoms with Crippen molar-refractivity contribution in [1.29, 1.82) is 0 Å². The lowest BCUT2D eigenvalue weighted by Gasteiger charge is -2.32. The van der Waals surface area contributed by atoms with Gasteiger partial charge in [0, 0.05) is 10.5 Å². The third kappa shape index (κ3) is 5.07. The number of rotatable bonds is 5. The number of benzene rings is 1.